The molecule has 2 aliphatic rings. The lowest BCUT2D eigenvalue weighted by molar-refractivity contribution is 0.0953. The summed E-state index contributed by atoms with van der Waals surface area (Å²) in [5, 5.41) is 4.00. The molecule has 0 aromatic carbocycles. The van der Waals surface area contributed by atoms with Crippen LogP contribution < -0.4 is 4.74 Å². The van der Waals surface area contributed by atoms with Crippen molar-refractivity contribution >= 4 is 10.0 Å². The van der Waals surface area contributed by atoms with Gasteiger partial charge in [0, 0.05) is 44.4 Å². The molecule has 128 valence electrons. The Balaban J connectivity index is 1.53. The summed E-state index contributed by atoms with van der Waals surface area (Å²) in [6.07, 6.45) is 9.62. The van der Waals surface area contributed by atoms with E-state index in [1.807, 2.05) is 12.1 Å². The highest BCUT2D eigenvalue weighted by molar-refractivity contribution is 7.89. The molecule has 7 nitrogen and oxygen atoms in total. The van der Waals surface area contributed by atoms with Crippen LogP contribution in [0.15, 0.2) is 41.8 Å². The van der Waals surface area contributed by atoms with Gasteiger partial charge >= 0.3 is 0 Å². The van der Waals surface area contributed by atoms with Gasteiger partial charge in [-0.1, -0.05) is 0 Å². The topological polar surface area (TPSA) is 77.3 Å². The number of nitrogens with zero attached hydrogens (tertiary/aromatic N) is 4. The normalized spacial score (nSPS) is 27.3. The number of fused-ring (bicyclic) bond motifs is 2. The molecule has 2 atom stereocenters. The Labute approximate surface area is 141 Å². The highest BCUT2D eigenvalue weighted by Crippen LogP contribution is 2.40. The predicted octanol–water partition coefficient (Wildman–Crippen LogP) is 1.58. The summed E-state index contributed by atoms with van der Waals surface area (Å²) in [4.78, 5) is 4.33. The molecule has 4 rings (SSSR count). The van der Waals surface area contributed by atoms with Crippen LogP contribution in [-0.2, 0) is 17.1 Å². The van der Waals surface area contributed by atoms with Crippen molar-refractivity contribution in [3.63, 3.8) is 0 Å². The zero-order valence-electron chi connectivity index (χ0n) is 13.4. The van der Waals surface area contributed by atoms with E-state index in [9.17, 15) is 8.42 Å². The molecule has 8 heteroatoms. The average Bonchev–Trinajstić information content (AvgIpc) is 3.11. The first-order valence-electron chi connectivity index (χ1n) is 8.13. The molecule has 2 aromatic rings. The predicted molar refractivity (Wildman–Crippen MR) is 86.9 cm³/mol. The van der Waals surface area contributed by atoms with Crippen molar-refractivity contribution in [3.8, 4) is 5.75 Å². The van der Waals surface area contributed by atoms with E-state index in [0.29, 0.717) is 12.8 Å². The summed E-state index contributed by atoms with van der Waals surface area (Å²) in [6, 6.07) is 3.71. The van der Waals surface area contributed by atoms with E-state index in [-0.39, 0.29) is 23.1 Å². The van der Waals surface area contributed by atoms with E-state index in [1.165, 1.54) is 10.9 Å². The molecular formula is C16H20N4O3S. The van der Waals surface area contributed by atoms with Gasteiger partial charge in [0.15, 0.2) is 0 Å². The van der Waals surface area contributed by atoms with E-state index < -0.39 is 10.0 Å². The number of piperidine rings is 1. The Kier molecular flexibility index (Phi) is 3.80. The van der Waals surface area contributed by atoms with Crippen LogP contribution in [-0.4, -0.2) is 45.7 Å². The number of aryl methyl sites for hydroxylation is 1. The minimum absolute atomic E-state index is 0.00405. The van der Waals surface area contributed by atoms with Crippen LogP contribution in [0.5, 0.6) is 5.75 Å². The van der Waals surface area contributed by atoms with Gasteiger partial charge in [-0.05, 0) is 25.0 Å². The molecule has 24 heavy (non-hydrogen) atoms. The summed E-state index contributed by atoms with van der Waals surface area (Å²) < 4.78 is 35.1. The monoisotopic (exact) mass is 348 g/mol. The maximum atomic E-state index is 12.9. The minimum Gasteiger partial charge on any atom is -0.489 e. The van der Waals surface area contributed by atoms with Crippen LogP contribution in [0, 0.1) is 0 Å². The summed E-state index contributed by atoms with van der Waals surface area (Å²) in [7, 11) is -1.77. The molecule has 0 saturated carbocycles. The fraction of sp³-hybridized carbons (Fsp3) is 0.500. The molecule has 2 aromatic heterocycles. The Morgan fingerprint density at radius 1 is 1.21 bits per heavy atom. The van der Waals surface area contributed by atoms with Crippen LogP contribution in [0.4, 0.5) is 0 Å². The van der Waals surface area contributed by atoms with Gasteiger partial charge in [0.1, 0.15) is 16.7 Å². The molecule has 2 unspecified atom stereocenters. The molecule has 2 saturated heterocycles. The van der Waals surface area contributed by atoms with Crippen molar-refractivity contribution in [2.24, 2.45) is 7.05 Å². The van der Waals surface area contributed by atoms with Gasteiger partial charge in [0.2, 0.25) is 10.0 Å². The standard InChI is InChI=1S/C16H20N4O3S/c1-19-11-16(10-18-19)24(21,22)20-12-4-5-13(20)8-15(7-12)23-14-3-2-6-17-9-14/h2-3,6,9-13,15H,4-5,7-8H2,1H3. The lowest BCUT2D eigenvalue weighted by Crippen LogP contribution is -2.49. The first kappa shape index (κ1) is 15.6. The second-order valence-corrected chi connectivity index (χ2v) is 8.31. The van der Waals surface area contributed by atoms with Gasteiger partial charge in [0.25, 0.3) is 0 Å². The van der Waals surface area contributed by atoms with Crippen molar-refractivity contribution in [2.75, 3.05) is 0 Å². The third-order valence-electron chi connectivity index (χ3n) is 4.82. The smallest absolute Gasteiger partial charge is 0.246 e. The number of pyridine rings is 1. The fourth-order valence-corrected chi connectivity index (χ4v) is 5.71. The highest BCUT2D eigenvalue weighted by Gasteiger charge is 2.48. The van der Waals surface area contributed by atoms with Gasteiger partial charge in [0.05, 0.1) is 12.4 Å². The zero-order valence-corrected chi connectivity index (χ0v) is 14.3. The van der Waals surface area contributed by atoms with Crippen LogP contribution in [0.3, 0.4) is 0 Å². The van der Waals surface area contributed by atoms with Crippen LogP contribution in [0.1, 0.15) is 25.7 Å². The number of rotatable bonds is 4. The highest BCUT2D eigenvalue weighted by atomic mass is 32.2. The molecule has 0 N–H and O–H groups in total. The molecule has 2 bridgehead atoms. The van der Waals surface area contributed by atoms with Crippen molar-refractivity contribution in [3.05, 3.63) is 36.9 Å². The number of sulfonamides is 1. The first-order valence-corrected chi connectivity index (χ1v) is 9.57. The van der Waals surface area contributed by atoms with E-state index in [4.69, 9.17) is 4.74 Å². The molecule has 0 amide bonds. The maximum Gasteiger partial charge on any atom is 0.246 e. The van der Waals surface area contributed by atoms with Crippen molar-refractivity contribution < 1.29 is 13.2 Å². The lowest BCUT2D eigenvalue weighted by atomic mass is 10.0. The number of aromatic nitrogens is 3. The van der Waals surface area contributed by atoms with E-state index in [2.05, 4.69) is 10.1 Å². The van der Waals surface area contributed by atoms with E-state index in [1.54, 1.807) is 29.9 Å². The SMILES string of the molecule is Cn1cc(S(=O)(=O)N2C3CCC2CC(Oc2cccnc2)C3)cn1. The van der Waals surface area contributed by atoms with Gasteiger partial charge < -0.3 is 4.74 Å². The molecule has 4 heterocycles. The molecule has 2 aliphatic heterocycles. The van der Waals surface area contributed by atoms with E-state index in [0.717, 1.165) is 18.6 Å². The van der Waals surface area contributed by atoms with Crippen molar-refractivity contribution in [1.29, 1.82) is 0 Å². The number of hydrogen-bond acceptors (Lipinski definition) is 5. The summed E-state index contributed by atoms with van der Waals surface area (Å²) in [6.45, 7) is 0. The van der Waals surface area contributed by atoms with Crippen LogP contribution in [0.25, 0.3) is 0 Å². The van der Waals surface area contributed by atoms with Gasteiger partial charge in [-0.2, -0.15) is 9.40 Å². The Bertz CT molecular complexity index is 807. The quantitative estimate of drug-likeness (QED) is 0.838. The van der Waals surface area contributed by atoms with Crippen LogP contribution >= 0.6 is 0 Å². The summed E-state index contributed by atoms with van der Waals surface area (Å²) in [5.74, 6) is 0.741. The Morgan fingerprint density at radius 2 is 1.96 bits per heavy atom. The van der Waals surface area contributed by atoms with Gasteiger partial charge in [-0.15, -0.1) is 0 Å². The largest absolute Gasteiger partial charge is 0.489 e. The van der Waals surface area contributed by atoms with E-state index >= 15 is 0 Å². The van der Waals surface area contributed by atoms with Crippen LogP contribution in [0.2, 0.25) is 0 Å². The maximum absolute atomic E-state index is 12.9. The lowest BCUT2D eigenvalue weighted by Gasteiger charge is -2.37. The molecule has 2 fully saturated rings. The van der Waals surface area contributed by atoms with Gasteiger partial charge in [-0.25, -0.2) is 8.42 Å². The third kappa shape index (κ3) is 2.69. The Morgan fingerprint density at radius 3 is 2.54 bits per heavy atom. The average molecular weight is 348 g/mol. The number of hydrogen-bond donors (Lipinski definition) is 0. The minimum atomic E-state index is -3.49. The molecular weight excluding hydrogens is 328 g/mol. The van der Waals surface area contributed by atoms with Gasteiger partial charge in [-0.3, -0.25) is 9.67 Å². The molecule has 0 aliphatic carbocycles. The third-order valence-corrected chi connectivity index (χ3v) is 6.77. The second-order valence-electron chi connectivity index (χ2n) is 6.47. The fourth-order valence-electron chi connectivity index (χ4n) is 3.84. The zero-order chi connectivity index (χ0) is 16.7. The Hall–Kier alpha value is -1.93. The number of ether oxygens (including phenoxy) is 1. The van der Waals surface area contributed by atoms with Crippen molar-refractivity contribution in [1.82, 2.24) is 19.1 Å². The summed E-state index contributed by atoms with van der Waals surface area (Å²) >= 11 is 0. The first-order chi connectivity index (χ1) is 11.5. The molecule has 0 spiro atoms. The molecule has 0 radical (unpaired) electrons. The summed E-state index contributed by atoms with van der Waals surface area (Å²) in [5.41, 5.74) is 0. The second kappa shape index (κ2) is 5.86. The van der Waals surface area contributed by atoms with Crippen molar-refractivity contribution in [2.45, 2.75) is 48.8 Å².